The number of rotatable bonds is 4. The highest BCUT2D eigenvalue weighted by Crippen LogP contribution is 2.26. The smallest absolute Gasteiger partial charge is 0.233 e. The van der Waals surface area contributed by atoms with Gasteiger partial charge in [-0.05, 0) is 23.3 Å². The number of nitrogens with zero attached hydrogens (tertiary/aromatic N) is 2. The second-order valence-corrected chi connectivity index (χ2v) is 4.81. The molecule has 0 N–H and O–H groups in total. The van der Waals surface area contributed by atoms with Crippen molar-refractivity contribution in [2.75, 3.05) is 7.11 Å². The summed E-state index contributed by atoms with van der Waals surface area (Å²) in [7, 11) is 1.61. The van der Waals surface area contributed by atoms with Crippen LogP contribution in [-0.4, -0.2) is 17.3 Å². The number of methoxy groups -OCH3 is 1. The van der Waals surface area contributed by atoms with Gasteiger partial charge in [0.05, 0.1) is 5.92 Å². The van der Waals surface area contributed by atoms with Crippen LogP contribution in [0.15, 0.2) is 47.0 Å². The van der Waals surface area contributed by atoms with Crippen molar-refractivity contribution in [2.24, 2.45) is 0 Å². The minimum atomic E-state index is 0.0673. The molecule has 0 bridgehead atoms. The Bertz CT molecular complexity index is 721. The lowest BCUT2D eigenvalue weighted by Crippen LogP contribution is -1.97. The minimum absolute atomic E-state index is 0.0673. The van der Waals surface area contributed by atoms with Crippen molar-refractivity contribution in [3.8, 4) is 0 Å². The van der Waals surface area contributed by atoms with E-state index in [1.54, 1.807) is 7.11 Å². The first kappa shape index (κ1) is 12.8. The minimum Gasteiger partial charge on any atom is -0.377 e. The SMILES string of the molecule is COCc1noc([C@H](C)c2ccc3ccccc3c2)n1. The zero-order valence-corrected chi connectivity index (χ0v) is 11.5. The number of benzene rings is 2. The maximum absolute atomic E-state index is 5.30. The lowest BCUT2D eigenvalue weighted by molar-refractivity contribution is 0.174. The molecule has 1 aromatic heterocycles. The van der Waals surface area contributed by atoms with Gasteiger partial charge in [0.15, 0.2) is 5.82 Å². The van der Waals surface area contributed by atoms with Gasteiger partial charge in [-0.1, -0.05) is 47.6 Å². The lowest BCUT2D eigenvalue weighted by Gasteiger charge is -2.08. The van der Waals surface area contributed by atoms with Crippen LogP contribution in [0.1, 0.15) is 30.1 Å². The van der Waals surface area contributed by atoms with E-state index in [4.69, 9.17) is 9.26 Å². The molecule has 0 spiro atoms. The first-order valence-corrected chi connectivity index (χ1v) is 6.58. The van der Waals surface area contributed by atoms with E-state index < -0.39 is 0 Å². The van der Waals surface area contributed by atoms with Crippen LogP contribution in [0.5, 0.6) is 0 Å². The lowest BCUT2D eigenvalue weighted by atomic mass is 9.98. The zero-order valence-electron chi connectivity index (χ0n) is 11.5. The van der Waals surface area contributed by atoms with Crippen molar-refractivity contribution in [1.82, 2.24) is 10.1 Å². The average Bonchev–Trinajstić information content (AvgIpc) is 2.95. The first-order chi connectivity index (χ1) is 9.78. The van der Waals surface area contributed by atoms with Crippen LogP contribution in [0.2, 0.25) is 0 Å². The third-order valence-corrected chi connectivity index (χ3v) is 3.40. The molecular formula is C16H16N2O2. The fraction of sp³-hybridized carbons (Fsp3) is 0.250. The van der Waals surface area contributed by atoms with Gasteiger partial charge in [0.2, 0.25) is 5.89 Å². The van der Waals surface area contributed by atoms with Gasteiger partial charge < -0.3 is 9.26 Å². The van der Waals surface area contributed by atoms with Crippen molar-refractivity contribution in [3.63, 3.8) is 0 Å². The summed E-state index contributed by atoms with van der Waals surface area (Å²) >= 11 is 0. The van der Waals surface area contributed by atoms with Gasteiger partial charge in [0.1, 0.15) is 6.61 Å². The number of aromatic nitrogens is 2. The highest BCUT2D eigenvalue weighted by Gasteiger charge is 2.16. The zero-order chi connectivity index (χ0) is 13.9. The molecule has 102 valence electrons. The maximum atomic E-state index is 5.30. The van der Waals surface area contributed by atoms with E-state index in [0.717, 1.165) is 5.56 Å². The number of hydrogen-bond acceptors (Lipinski definition) is 4. The average molecular weight is 268 g/mol. The van der Waals surface area contributed by atoms with Crippen molar-refractivity contribution in [2.45, 2.75) is 19.4 Å². The van der Waals surface area contributed by atoms with E-state index in [9.17, 15) is 0 Å². The molecule has 0 fully saturated rings. The van der Waals surface area contributed by atoms with Crippen molar-refractivity contribution >= 4 is 10.8 Å². The summed E-state index contributed by atoms with van der Waals surface area (Å²) in [5.41, 5.74) is 1.16. The van der Waals surface area contributed by atoms with Gasteiger partial charge in [0, 0.05) is 7.11 Å². The van der Waals surface area contributed by atoms with E-state index in [0.29, 0.717) is 18.3 Å². The maximum Gasteiger partial charge on any atom is 0.233 e. The normalized spacial score (nSPS) is 12.7. The molecule has 3 aromatic rings. The van der Waals surface area contributed by atoms with Crippen LogP contribution in [0.25, 0.3) is 10.8 Å². The predicted molar refractivity (Wildman–Crippen MR) is 76.5 cm³/mol. The van der Waals surface area contributed by atoms with Crippen LogP contribution in [0, 0.1) is 0 Å². The summed E-state index contributed by atoms with van der Waals surface area (Å²) in [6.45, 7) is 2.43. The molecule has 0 amide bonds. The molecule has 0 saturated carbocycles. The van der Waals surface area contributed by atoms with Gasteiger partial charge in [-0.2, -0.15) is 4.98 Å². The Morgan fingerprint density at radius 3 is 2.75 bits per heavy atom. The quantitative estimate of drug-likeness (QED) is 0.726. The molecule has 0 aliphatic heterocycles. The van der Waals surface area contributed by atoms with E-state index in [2.05, 4.69) is 47.4 Å². The Morgan fingerprint density at radius 1 is 1.15 bits per heavy atom. The highest BCUT2D eigenvalue weighted by atomic mass is 16.5. The molecule has 0 aliphatic carbocycles. The predicted octanol–water partition coefficient (Wildman–Crippen LogP) is 3.52. The summed E-state index contributed by atoms with van der Waals surface area (Å²) in [4.78, 5) is 4.35. The molecule has 4 heteroatoms. The summed E-state index contributed by atoms with van der Waals surface area (Å²) in [5.74, 6) is 1.26. The summed E-state index contributed by atoms with van der Waals surface area (Å²) in [6.07, 6.45) is 0. The molecule has 1 heterocycles. The second-order valence-electron chi connectivity index (χ2n) is 4.81. The van der Waals surface area contributed by atoms with Crippen molar-refractivity contribution < 1.29 is 9.26 Å². The van der Waals surface area contributed by atoms with Gasteiger partial charge in [-0.25, -0.2) is 0 Å². The molecular weight excluding hydrogens is 252 g/mol. The highest BCUT2D eigenvalue weighted by molar-refractivity contribution is 5.83. The molecule has 20 heavy (non-hydrogen) atoms. The Morgan fingerprint density at radius 2 is 1.95 bits per heavy atom. The Balaban J connectivity index is 1.92. The van der Waals surface area contributed by atoms with Crippen LogP contribution in [0.4, 0.5) is 0 Å². The molecule has 1 atom stereocenters. The van der Waals surface area contributed by atoms with Crippen LogP contribution >= 0.6 is 0 Å². The number of hydrogen-bond donors (Lipinski definition) is 0. The standard InChI is InChI=1S/C16H16N2O2/c1-11(16-17-15(10-19-2)18-20-16)13-8-7-12-5-3-4-6-14(12)9-13/h3-9,11H,10H2,1-2H3/t11-/m1/s1. The van der Waals surface area contributed by atoms with Crippen molar-refractivity contribution in [1.29, 1.82) is 0 Å². The second kappa shape index (κ2) is 5.43. The third-order valence-electron chi connectivity index (χ3n) is 3.40. The molecule has 0 unspecified atom stereocenters. The van der Waals surface area contributed by atoms with Crippen LogP contribution in [-0.2, 0) is 11.3 Å². The van der Waals surface area contributed by atoms with Crippen LogP contribution in [0.3, 0.4) is 0 Å². The Labute approximate surface area is 117 Å². The fourth-order valence-electron chi connectivity index (χ4n) is 2.25. The van der Waals surface area contributed by atoms with Crippen LogP contribution < -0.4 is 0 Å². The molecule has 0 saturated heterocycles. The van der Waals surface area contributed by atoms with Gasteiger partial charge in [-0.3, -0.25) is 0 Å². The summed E-state index contributed by atoms with van der Waals surface area (Å²) in [6, 6.07) is 14.7. The van der Waals surface area contributed by atoms with Gasteiger partial charge in [-0.15, -0.1) is 0 Å². The monoisotopic (exact) mass is 268 g/mol. The topological polar surface area (TPSA) is 48.2 Å². The summed E-state index contributed by atoms with van der Waals surface area (Å²) < 4.78 is 10.3. The van der Waals surface area contributed by atoms with E-state index in [-0.39, 0.29) is 5.92 Å². The molecule has 4 nitrogen and oxygen atoms in total. The van der Waals surface area contributed by atoms with Gasteiger partial charge >= 0.3 is 0 Å². The fourth-order valence-corrected chi connectivity index (χ4v) is 2.25. The molecule has 2 aromatic carbocycles. The summed E-state index contributed by atoms with van der Waals surface area (Å²) in [5, 5.41) is 6.35. The first-order valence-electron chi connectivity index (χ1n) is 6.58. The largest absolute Gasteiger partial charge is 0.377 e. The molecule has 0 radical (unpaired) electrons. The number of fused-ring (bicyclic) bond motifs is 1. The Kier molecular flexibility index (Phi) is 3.48. The third kappa shape index (κ3) is 2.42. The molecule has 3 rings (SSSR count). The molecule has 0 aliphatic rings. The number of ether oxygens (including phenoxy) is 1. The van der Waals surface area contributed by atoms with Gasteiger partial charge in [0.25, 0.3) is 0 Å². The van der Waals surface area contributed by atoms with E-state index in [1.165, 1.54) is 10.8 Å². The van der Waals surface area contributed by atoms with E-state index in [1.807, 2.05) is 12.1 Å². The van der Waals surface area contributed by atoms with Crippen molar-refractivity contribution in [3.05, 3.63) is 59.7 Å². The Hall–Kier alpha value is -2.20. The van der Waals surface area contributed by atoms with E-state index >= 15 is 0 Å².